The Morgan fingerprint density at radius 2 is 2.04 bits per heavy atom. The minimum atomic E-state index is -4.46. The van der Waals surface area contributed by atoms with Crippen LogP contribution >= 0.6 is 23.8 Å². The molecule has 0 aliphatic heterocycles. The van der Waals surface area contributed by atoms with E-state index in [0.717, 1.165) is 18.0 Å². The fourth-order valence-electron chi connectivity index (χ4n) is 1.83. The molecule has 2 rings (SSSR count). The van der Waals surface area contributed by atoms with Gasteiger partial charge in [0.15, 0.2) is 5.11 Å². The molecule has 0 atom stereocenters. The lowest BCUT2D eigenvalue weighted by Gasteiger charge is -2.12. The average molecular weight is 390 g/mol. The van der Waals surface area contributed by atoms with Crippen LogP contribution in [0.2, 0.25) is 5.02 Å². The van der Waals surface area contributed by atoms with Crippen LogP contribution in [0.25, 0.3) is 0 Å². The first-order chi connectivity index (χ1) is 11.9. The van der Waals surface area contributed by atoms with Gasteiger partial charge in [-0.2, -0.15) is 13.2 Å². The van der Waals surface area contributed by atoms with Gasteiger partial charge in [0.2, 0.25) is 0 Å². The molecule has 0 aromatic carbocycles. The quantitative estimate of drug-likeness (QED) is 0.514. The maximum Gasteiger partial charge on any atom is 0.417 e. The van der Waals surface area contributed by atoms with Gasteiger partial charge in [0, 0.05) is 25.5 Å². The van der Waals surface area contributed by atoms with Crippen LogP contribution in [-0.4, -0.2) is 28.2 Å². The number of aromatic nitrogens is 2. The summed E-state index contributed by atoms with van der Waals surface area (Å²) >= 11 is 11.0. The van der Waals surface area contributed by atoms with Gasteiger partial charge in [0.1, 0.15) is 5.82 Å². The minimum absolute atomic E-state index is 0.0726. The van der Waals surface area contributed by atoms with Crippen molar-refractivity contribution >= 4 is 40.4 Å². The molecule has 2 aromatic rings. The number of nitrogens with zero attached hydrogens (tertiary/aromatic N) is 2. The Labute approximate surface area is 153 Å². The maximum atomic E-state index is 12.5. The van der Waals surface area contributed by atoms with E-state index in [1.54, 1.807) is 18.5 Å². The number of hydrogen-bond acceptors (Lipinski definition) is 4. The molecule has 0 saturated carbocycles. The van der Waals surface area contributed by atoms with Gasteiger partial charge in [0.05, 0.1) is 22.5 Å². The summed E-state index contributed by atoms with van der Waals surface area (Å²) < 4.78 is 37.6. The molecule has 0 aliphatic rings. The van der Waals surface area contributed by atoms with E-state index in [1.165, 1.54) is 0 Å². The molecule has 0 spiro atoms. The van der Waals surface area contributed by atoms with Crippen molar-refractivity contribution in [3.63, 3.8) is 0 Å². The van der Waals surface area contributed by atoms with E-state index >= 15 is 0 Å². The molecular weight excluding hydrogens is 375 g/mol. The first-order valence-corrected chi connectivity index (χ1v) is 8.06. The number of nitrogens with one attached hydrogen (secondary N) is 3. The van der Waals surface area contributed by atoms with Crippen LogP contribution < -0.4 is 16.0 Å². The summed E-state index contributed by atoms with van der Waals surface area (Å²) in [6.45, 7) is 1.04. The van der Waals surface area contributed by atoms with Crippen molar-refractivity contribution in [3.8, 4) is 0 Å². The SMILES string of the molecule is FC(F)(F)c1cnc(NCCCNC(=S)Nc2cccnc2)c(Cl)c1. The lowest BCUT2D eigenvalue weighted by molar-refractivity contribution is -0.137. The number of anilines is 2. The first kappa shape index (κ1) is 19.2. The first-order valence-electron chi connectivity index (χ1n) is 7.28. The van der Waals surface area contributed by atoms with Gasteiger partial charge in [-0.05, 0) is 36.8 Å². The van der Waals surface area contributed by atoms with Crippen molar-refractivity contribution in [1.82, 2.24) is 15.3 Å². The Hall–Kier alpha value is -2.13. The maximum absolute atomic E-state index is 12.5. The zero-order valence-electron chi connectivity index (χ0n) is 12.9. The molecule has 5 nitrogen and oxygen atoms in total. The summed E-state index contributed by atoms with van der Waals surface area (Å²) in [6, 6.07) is 4.47. The highest BCUT2D eigenvalue weighted by Gasteiger charge is 2.31. The molecule has 0 amide bonds. The van der Waals surface area contributed by atoms with Crippen LogP contribution in [0.4, 0.5) is 24.7 Å². The van der Waals surface area contributed by atoms with E-state index in [4.69, 9.17) is 23.8 Å². The fraction of sp³-hybridized carbons (Fsp3) is 0.267. The van der Waals surface area contributed by atoms with Gasteiger partial charge in [-0.15, -0.1) is 0 Å². The van der Waals surface area contributed by atoms with Crippen molar-refractivity contribution < 1.29 is 13.2 Å². The van der Waals surface area contributed by atoms with Crippen LogP contribution in [0.15, 0.2) is 36.8 Å². The average Bonchev–Trinajstić information content (AvgIpc) is 2.55. The molecule has 134 valence electrons. The predicted molar refractivity (Wildman–Crippen MR) is 95.8 cm³/mol. The van der Waals surface area contributed by atoms with Gasteiger partial charge in [-0.1, -0.05) is 11.6 Å². The number of alkyl halides is 3. The minimum Gasteiger partial charge on any atom is -0.369 e. The Bertz CT molecular complexity index is 712. The second-order valence-electron chi connectivity index (χ2n) is 4.96. The van der Waals surface area contributed by atoms with E-state index in [0.29, 0.717) is 24.6 Å². The van der Waals surface area contributed by atoms with Gasteiger partial charge >= 0.3 is 6.18 Å². The highest BCUT2D eigenvalue weighted by molar-refractivity contribution is 7.80. The van der Waals surface area contributed by atoms with E-state index in [1.807, 2.05) is 6.07 Å². The second kappa shape index (κ2) is 8.82. The smallest absolute Gasteiger partial charge is 0.369 e. The van der Waals surface area contributed by atoms with E-state index in [2.05, 4.69) is 25.9 Å². The van der Waals surface area contributed by atoms with Crippen molar-refractivity contribution in [2.45, 2.75) is 12.6 Å². The molecule has 10 heteroatoms. The van der Waals surface area contributed by atoms with Crippen LogP contribution in [0.1, 0.15) is 12.0 Å². The standard InChI is InChI=1S/C15H15ClF3N5S/c16-12-7-10(15(17,18)19)8-23-13(12)21-5-2-6-22-14(25)24-11-3-1-4-20-9-11/h1,3-4,7-9H,2,5-6H2,(H,21,23)(H2,22,24,25). The Kier molecular flexibility index (Phi) is 6.77. The topological polar surface area (TPSA) is 61.9 Å². The summed E-state index contributed by atoms with van der Waals surface area (Å²) in [5.41, 5.74) is -0.101. The number of thiocarbonyl (C=S) groups is 1. The van der Waals surface area contributed by atoms with Gasteiger partial charge in [-0.3, -0.25) is 4.98 Å². The van der Waals surface area contributed by atoms with E-state index in [-0.39, 0.29) is 10.8 Å². The van der Waals surface area contributed by atoms with Crippen molar-refractivity contribution in [3.05, 3.63) is 47.4 Å². The Balaban J connectivity index is 1.70. The third kappa shape index (κ3) is 6.35. The van der Waals surface area contributed by atoms with E-state index in [9.17, 15) is 13.2 Å². The third-order valence-corrected chi connectivity index (χ3v) is 3.55. The lowest BCUT2D eigenvalue weighted by atomic mass is 10.2. The summed E-state index contributed by atoms with van der Waals surface area (Å²) in [7, 11) is 0. The van der Waals surface area contributed by atoms with Crippen molar-refractivity contribution in [1.29, 1.82) is 0 Å². The number of halogens is 4. The molecule has 0 radical (unpaired) electrons. The summed E-state index contributed by atoms with van der Waals surface area (Å²) in [5.74, 6) is 0.214. The molecule has 0 bridgehead atoms. The fourth-order valence-corrected chi connectivity index (χ4v) is 2.29. The molecule has 25 heavy (non-hydrogen) atoms. The molecular formula is C15H15ClF3N5S. The summed E-state index contributed by atoms with van der Waals surface area (Å²) in [5, 5.41) is 9.26. The Morgan fingerprint density at radius 1 is 1.24 bits per heavy atom. The normalized spacial score (nSPS) is 11.0. The molecule has 3 N–H and O–H groups in total. The molecule has 0 aliphatic carbocycles. The zero-order chi connectivity index (χ0) is 18.3. The van der Waals surface area contributed by atoms with Gasteiger partial charge < -0.3 is 16.0 Å². The number of rotatable bonds is 6. The van der Waals surface area contributed by atoms with Crippen molar-refractivity contribution in [2.75, 3.05) is 23.7 Å². The zero-order valence-corrected chi connectivity index (χ0v) is 14.5. The predicted octanol–water partition coefficient (Wildman–Crippen LogP) is 3.94. The van der Waals surface area contributed by atoms with Crippen LogP contribution in [0, 0.1) is 0 Å². The molecule has 2 heterocycles. The Morgan fingerprint density at radius 3 is 2.68 bits per heavy atom. The summed E-state index contributed by atoms with van der Waals surface area (Å²) in [6.07, 6.45) is 0.255. The van der Waals surface area contributed by atoms with Crippen LogP contribution in [-0.2, 0) is 6.18 Å². The monoisotopic (exact) mass is 389 g/mol. The van der Waals surface area contributed by atoms with Gasteiger partial charge in [-0.25, -0.2) is 4.98 Å². The number of hydrogen-bond donors (Lipinski definition) is 3. The highest BCUT2D eigenvalue weighted by atomic mass is 35.5. The molecule has 0 unspecified atom stereocenters. The third-order valence-electron chi connectivity index (χ3n) is 3.02. The summed E-state index contributed by atoms with van der Waals surface area (Å²) in [4.78, 5) is 7.67. The van der Waals surface area contributed by atoms with Gasteiger partial charge in [0.25, 0.3) is 0 Å². The van der Waals surface area contributed by atoms with Crippen molar-refractivity contribution in [2.24, 2.45) is 0 Å². The molecule has 2 aromatic heterocycles. The second-order valence-corrected chi connectivity index (χ2v) is 5.77. The highest BCUT2D eigenvalue weighted by Crippen LogP contribution is 2.32. The van der Waals surface area contributed by atoms with E-state index < -0.39 is 11.7 Å². The lowest BCUT2D eigenvalue weighted by Crippen LogP contribution is -2.30. The largest absolute Gasteiger partial charge is 0.417 e. The molecule has 0 fully saturated rings. The molecule has 0 saturated heterocycles. The van der Waals surface area contributed by atoms with Crippen LogP contribution in [0.3, 0.4) is 0 Å². The number of pyridine rings is 2. The van der Waals surface area contributed by atoms with Crippen LogP contribution in [0.5, 0.6) is 0 Å².